The first-order valence-corrected chi connectivity index (χ1v) is 7.80. The Morgan fingerprint density at radius 1 is 1.35 bits per heavy atom. The van der Waals surface area contributed by atoms with Gasteiger partial charge in [-0.3, -0.25) is 10.1 Å². The summed E-state index contributed by atoms with van der Waals surface area (Å²) in [6.45, 7) is 3.77. The first-order chi connectivity index (χ1) is 11.0. The van der Waals surface area contributed by atoms with Crippen molar-refractivity contribution in [2.24, 2.45) is 0 Å². The lowest BCUT2D eigenvalue weighted by atomic mass is 10.2. The standard InChI is InChI=1S/C16H14N2O4S/c1-10-8-12(5-6-14(10)18(19)20)21-9-13-11(2)22-16(17-13)15-4-3-7-23-15/h3-8H,9H2,1-2H3. The first kappa shape index (κ1) is 15.2. The fraction of sp³-hybridized carbons (Fsp3) is 0.188. The summed E-state index contributed by atoms with van der Waals surface area (Å²) in [5.41, 5.74) is 1.35. The van der Waals surface area contributed by atoms with Gasteiger partial charge in [0.05, 0.1) is 9.80 Å². The Morgan fingerprint density at radius 2 is 2.17 bits per heavy atom. The fourth-order valence-corrected chi connectivity index (χ4v) is 2.79. The van der Waals surface area contributed by atoms with Crippen LogP contribution in [0.15, 0.2) is 40.1 Å². The number of rotatable bonds is 5. The quantitative estimate of drug-likeness (QED) is 0.508. The summed E-state index contributed by atoms with van der Waals surface area (Å²) in [6, 6.07) is 8.56. The first-order valence-electron chi connectivity index (χ1n) is 6.92. The van der Waals surface area contributed by atoms with Gasteiger partial charge < -0.3 is 9.15 Å². The molecule has 1 aromatic carbocycles. The molecule has 6 nitrogen and oxygen atoms in total. The van der Waals surface area contributed by atoms with Crippen LogP contribution in [0.4, 0.5) is 5.69 Å². The number of thiophene rings is 1. The van der Waals surface area contributed by atoms with Crippen molar-refractivity contribution in [3.63, 3.8) is 0 Å². The number of nitro groups is 1. The van der Waals surface area contributed by atoms with Gasteiger partial charge in [-0.1, -0.05) is 6.07 Å². The molecule has 2 heterocycles. The Hall–Kier alpha value is -2.67. The van der Waals surface area contributed by atoms with E-state index in [4.69, 9.17) is 9.15 Å². The van der Waals surface area contributed by atoms with E-state index in [2.05, 4.69) is 4.98 Å². The molecule has 0 aliphatic heterocycles. The van der Waals surface area contributed by atoms with E-state index in [0.717, 1.165) is 4.88 Å². The van der Waals surface area contributed by atoms with Gasteiger partial charge in [-0.2, -0.15) is 0 Å². The van der Waals surface area contributed by atoms with Gasteiger partial charge in [0.15, 0.2) is 0 Å². The van der Waals surface area contributed by atoms with Crippen molar-refractivity contribution in [1.29, 1.82) is 0 Å². The van der Waals surface area contributed by atoms with Crippen molar-refractivity contribution in [2.75, 3.05) is 0 Å². The Bertz CT molecular complexity index is 840. The van der Waals surface area contributed by atoms with Crippen LogP contribution in [0.1, 0.15) is 17.0 Å². The lowest BCUT2D eigenvalue weighted by molar-refractivity contribution is -0.385. The lowest BCUT2D eigenvalue weighted by Crippen LogP contribution is -1.99. The highest BCUT2D eigenvalue weighted by Gasteiger charge is 2.14. The maximum absolute atomic E-state index is 10.8. The summed E-state index contributed by atoms with van der Waals surface area (Å²) in [7, 11) is 0. The zero-order valence-corrected chi connectivity index (χ0v) is 13.4. The summed E-state index contributed by atoms with van der Waals surface area (Å²) in [4.78, 5) is 15.8. The van der Waals surface area contributed by atoms with Crippen molar-refractivity contribution in [2.45, 2.75) is 20.5 Å². The second-order valence-electron chi connectivity index (χ2n) is 4.99. The number of hydrogen-bond acceptors (Lipinski definition) is 6. The molecule has 0 bridgehead atoms. The van der Waals surface area contributed by atoms with Crippen LogP contribution >= 0.6 is 11.3 Å². The van der Waals surface area contributed by atoms with Gasteiger partial charge in [0, 0.05) is 11.6 Å². The van der Waals surface area contributed by atoms with Crippen molar-refractivity contribution in [3.8, 4) is 16.5 Å². The SMILES string of the molecule is Cc1cc(OCc2nc(-c3cccs3)oc2C)ccc1[N+](=O)[O-]. The third-order valence-corrected chi connectivity index (χ3v) is 4.22. The number of ether oxygens (including phenoxy) is 1. The van der Waals surface area contributed by atoms with Gasteiger partial charge in [-0.25, -0.2) is 4.98 Å². The monoisotopic (exact) mass is 330 g/mol. The number of nitrogens with zero attached hydrogens (tertiary/aromatic N) is 2. The fourth-order valence-electron chi connectivity index (χ4n) is 2.14. The van der Waals surface area contributed by atoms with Crippen LogP contribution in [0.25, 0.3) is 10.8 Å². The lowest BCUT2D eigenvalue weighted by Gasteiger charge is -2.05. The molecule has 118 valence electrons. The van der Waals surface area contributed by atoms with Crippen LogP contribution in [0.5, 0.6) is 5.75 Å². The molecular formula is C16H14N2O4S. The van der Waals surface area contributed by atoms with Crippen LogP contribution < -0.4 is 4.74 Å². The summed E-state index contributed by atoms with van der Waals surface area (Å²) in [6.07, 6.45) is 0. The van der Waals surface area contributed by atoms with Gasteiger partial charge in [-0.05, 0) is 37.4 Å². The van der Waals surface area contributed by atoms with Gasteiger partial charge in [0.2, 0.25) is 5.89 Å². The Labute approximate surface area is 136 Å². The molecule has 0 unspecified atom stereocenters. The van der Waals surface area contributed by atoms with Crippen LogP contribution in [0, 0.1) is 24.0 Å². The Balaban J connectivity index is 1.74. The number of aryl methyl sites for hydroxylation is 2. The van der Waals surface area contributed by atoms with E-state index in [1.807, 2.05) is 24.4 Å². The molecule has 3 rings (SSSR count). The third-order valence-electron chi connectivity index (χ3n) is 3.37. The van der Waals surface area contributed by atoms with E-state index in [9.17, 15) is 10.1 Å². The van der Waals surface area contributed by atoms with Crippen LogP contribution in [-0.2, 0) is 6.61 Å². The molecule has 23 heavy (non-hydrogen) atoms. The molecule has 0 saturated carbocycles. The molecule has 2 aromatic heterocycles. The number of hydrogen-bond donors (Lipinski definition) is 0. The number of oxazole rings is 1. The van der Waals surface area contributed by atoms with Crippen LogP contribution in [0.3, 0.4) is 0 Å². The zero-order valence-electron chi connectivity index (χ0n) is 12.6. The number of benzene rings is 1. The normalized spacial score (nSPS) is 10.7. The average molecular weight is 330 g/mol. The topological polar surface area (TPSA) is 78.4 Å². The predicted octanol–water partition coefficient (Wildman–Crippen LogP) is 4.51. The van der Waals surface area contributed by atoms with E-state index >= 15 is 0 Å². The minimum Gasteiger partial charge on any atom is -0.487 e. The minimum atomic E-state index is -0.409. The predicted molar refractivity (Wildman–Crippen MR) is 86.7 cm³/mol. The maximum atomic E-state index is 10.8. The second-order valence-corrected chi connectivity index (χ2v) is 5.94. The maximum Gasteiger partial charge on any atom is 0.272 e. The smallest absolute Gasteiger partial charge is 0.272 e. The Kier molecular flexibility index (Phi) is 4.12. The molecule has 3 aromatic rings. The number of nitro benzene ring substituents is 1. The highest BCUT2D eigenvalue weighted by Crippen LogP contribution is 2.27. The Morgan fingerprint density at radius 3 is 2.83 bits per heavy atom. The summed E-state index contributed by atoms with van der Waals surface area (Å²) in [5.74, 6) is 1.84. The molecule has 0 N–H and O–H groups in total. The number of aromatic nitrogens is 1. The summed E-state index contributed by atoms with van der Waals surface area (Å²) < 4.78 is 11.3. The van der Waals surface area contributed by atoms with Crippen LogP contribution in [0.2, 0.25) is 0 Å². The van der Waals surface area contributed by atoms with E-state index in [1.165, 1.54) is 6.07 Å². The van der Waals surface area contributed by atoms with E-state index in [-0.39, 0.29) is 12.3 Å². The molecule has 0 radical (unpaired) electrons. The van der Waals surface area contributed by atoms with Crippen molar-refractivity contribution in [1.82, 2.24) is 4.98 Å². The highest BCUT2D eigenvalue weighted by molar-refractivity contribution is 7.13. The van der Waals surface area contributed by atoms with Gasteiger partial charge in [-0.15, -0.1) is 11.3 Å². The summed E-state index contributed by atoms with van der Waals surface area (Å²) in [5, 5.41) is 12.8. The molecule has 0 aliphatic carbocycles. The van der Waals surface area contributed by atoms with Crippen molar-refractivity contribution < 1.29 is 14.1 Å². The van der Waals surface area contributed by atoms with E-state index in [0.29, 0.717) is 28.7 Å². The molecule has 0 saturated heterocycles. The van der Waals surface area contributed by atoms with Gasteiger partial charge in [0.1, 0.15) is 23.8 Å². The highest BCUT2D eigenvalue weighted by atomic mass is 32.1. The van der Waals surface area contributed by atoms with Crippen molar-refractivity contribution in [3.05, 3.63) is 62.8 Å². The second kappa shape index (κ2) is 6.21. The molecule has 0 aliphatic rings. The summed E-state index contributed by atoms with van der Waals surface area (Å²) >= 11 is 1.56. The molecule has 7 heteroatoms. The van der Waals surface area contributed by atoms with E-state index < -0.39 is 4.92 Å². The minimum absolute atomic E-state index is 0.0787. The largest absolute Gasteiger partial charge is 0.487 e. The van der Waals surface area contributed by atoms with Gasteiger partial charge in [0.25, 0.3) is 5.69 Å². The molecule has 0 atom stereocenters. The average Bonchev–Trinajstić information content (AvgIpc) is 3.14. The zero-order chi connectivity index (χ0) is 16.4. The molecule has 0 fully saturated rings. The molecule has 0 spiro atoms. The van der Waals surface area contributed by atoms with Gasteiger partial charge >= 0.3 is 0 Å². The van der Waals surface area contributed by atoms with Crippen molar-refractivity contribution >= 4 is 17.0 Å². The molecule has 0 amide bonds. The van der Waals surface area contributed by atoms with Crippen LogP contribution in [-0.4, -0.2) is 9.91 Å². The third kappa shape index (κ3) is 3.24. The molecular weight excluding hydrogens is 316 g/mol. The van der Waals surface area contributed by atoms with E-state index in [1.54, 1.807) is 30.4 Å².